The average Bonchev–Trinajstić information content (AvgIpc) is 3.06. The lowest BCUT2D eigenvalue weighted by atomic mass is 9.98. The molecule has 0 fully saturated rings. The Kier molecular flexibility index (Phi) is 5.05. The zero-order chi connectivity index (χ0) is 17.1. The molecule has 1 aliphatic heterocycles. The number of aromatic nitrogens is 1. The van der Waals surface area contributed by atoms with Crippen molar-refractivity contribution in [3.8, 4) is 0 Å². The molecule has 1 unspecified atom stereocenters. The summed E-state index contributed by atoms with van der Waals surface area (Å²) in [5.41, 5.74) is 3.86. The van der Waals surface area contributed by atoms with Gasteiger partial charge in [-0.25, -0.2) is 0 Å². The molecule has 4 heteroatoms. The van der Waals surface area contributed by atoms with E-state index >= 15 is 0 Å². The SMILES string of the molecule is CCN(CC)C(=O)C(C)N1CC=C(c2c[nH]c3ccccc23)CC1. The summed E-state index contributed by atoms with van der Waals surface area (Å²) < 4.78 is 0. The van der Waals surface area contributed by atoms with E-state index in [1.165, 1.54) is 22.0 Å². The lowest BCUT2D eigenvalue weighted by Crippen LogP contribution is -2.48. The number of benzene rings is 1. The zero-order valence-electron chi connectivity index (χ0n) is 14.9. The number of aromatic amines is 1. The maximum atomic E-state index is 12.5. The number of likely N-dealkylation sites (N-methyl/N-ethyl adjacent to an activating group) is 1. The minimum absolute atomic E-state index is 0.0503. The van der Waals surface area contributed by atoms with Crippen LogP contribution in [-0.2, 0) is 4.79 Å². The molecule has 2 aromatic rings. The predicted octanol–water partition coefficient (Wildman–Crippen LogP) is 3.51. The molecule has 0 saturated carbocycles. The summed E-state index contributed by atoms with van der Waals surface area (Å²) in [7, 11) is 0. The Morgan fingerprint density at radius 1 is 1.29 bits per heavy atom. The van der Waals surface area contributed by atoms with Gasteiger partial charge in [-0.05, 0) is 38.8 Å². The lowest BCUT2D eigenvalue weighted by Gasteiger charge is -2.33. The molecule has 1 aromatic carbocycles. The maximum absolute atomic E-state index is 12.5. The van der Waals surface area contributed by atoms with E-state index < -0.39 is 0 Å². The quantitative estimate of drug-likeness (QED) is 0.913. The van der Waals surface area contributed by atoms with Crippen molar-refractivity contribution in [2.24, 2.45) is 0 Å². The Bertz CT molecular complexity index is 742. The fourth-order valence-electron chi connectivity index (χ4n) is 3.57. The van der Waals surface area contributed by atoms with Crippen molar-refractivity contribution in [1.29, 1.82) is 0 Å². The van der Waals surface area contributed by atoms with Gasteiger partial charge in [0.15, 0.2) is 0 Å². The van der Waals surface area contributed by atoms with Crippen LogP contribution in [0.5, 0.6) is 0 Å². The van der Waals surface area contributed by atoms with E-state index in [2.05, 4.69) is 46.4 Å². The maximum Gasteiger partial charge on any atom is 0.239 e. The van der Waals surface area contributed by atoms with Gasteiger partial charge in [-0.3, -0.25) is 9.69 Å². The molecule has 128 valence electrons. The summed E-state index contributed by atoms with van der Waals surface area (Å²) in [5.74, 6) is 0.240. The number of hydrogen-bond donors (Lipinski definition) is 1. The Morgan fingerprint density at radius 2 is 2.04 bits per heavy atom. The van der Waals surface area contributed by atoms with E-state index in [-0.39, 0.29) is 11.9 Å². The molecule has 0 radical (unpaired) electrons. The van der Waals surface area contributed by atoms with E-state index in [1.807, 2.05) is 25.7 Å². The molecule has 1 amide bonds. The highest BCUT2D eigenvalue weighted by atomic mass is 16.2. The summed E-state index contributed by atoms with van der Waals surface area (Å²) in [4.78, 5) is 20.1. The lowest BCUT2D eigenvalue weighted by molar-refractivity contribution is -0.135. The molecule has 1 atom stereocenters. The molecule has 0 saturated heterocycles. The van der Waals surface area contributed by atoms with Gasteiger partial charge in [0.05, 0.1) is 6.04 Å². The van der Waals surface area contributed by atoms with Gasteiger partial charge in [0.1, 0.15) is 0 Å². The third-order valence-electron chi connectivity index (χ3n) is 5.16. The van der Waals surface area contributed by atoms with E-state index in [9.17, 15) is 4.79 Å². The molecule has 2 heterocycles. The van der Waals surface area contributed by atoms with Gasteiger partial charge >= 0.3 is 0 Å². The number of rotatable bonds is 5. The molecule has 0 bridgehead atoms. The summed E-state index contributed by atoms with van der Waals surface area (Å²) >= 11 is 0. The van der Waals surface area contributed by atoms with Gasteiger partial charge in [0, 0.05) is 48.8 Å². The minimum atomic E-state index is -0.0503. The molecule has 1 aromatic heterocycles. The van der Waals surface area contributed by atoms with Crippen LogP contribution in [0.1, 0.15) is 32.8 Å². The number of carbonyl (C=O) groups excluding carboxylic acids is 1. The predicted molar refractivity (Wildman–Crippen MR) is 99.9 cm³/mol. The number of carbonyl (C=O) groups is 1. The van der Waals surface area contributed by atoms with Crippen molar-refractivity contribution in [2.75, 3.05) is 26.2 Å². The summed E-state index contributed by atoms with van der Waals surface area (Å²) in [6.45, 7) is 9.44. The highest BCUT2D eigenvalue weighted by Gasteiger charge is 2.26. The Morgan fingerprint density at radius 3 is 2.71 bits per heavy atom. The largest absolute Gasteiger partial charge is 0.361 e. The number of hydrogen-bond acceptors (Lipinski definition) is 2. The van der Waals surface area contributed by atoms with Crippen LogP contribution in [-0.4, -0.2) is 52.9 Å². The normalized spacial score (nSPS) is 16.9. The Balaban J connectivity index is 1.73. The van der Waals surface area contributed by atoms with Crippen LogP contribution >= 0.6 is 0 Å². The molecular formula is C20H27N3O. The molecule has 0 aliphatic carbocycles. The van der Waals surface area contributed by atoms with E-state index in [0.29, 0.717) is 0 Å². The Labute approximate surface area is 144 Å². The second-order valence-corrected chi connectivity index (χ2v) is 6.41. The van der Waals surface area contributed by atoms with Crippen LogP contribution in [0.25, 0.3) is 16.5 Å². The van der Waals surface area contributed by atoms with Crippen LogP contribution in [0.3, 0.4) is 0 Å². The van der Waals surface area contributed by atoms with E-state index in [1.54, 1.807) is 0 Å². The first kappa shape index (κ1) is 16.8. The number of H-pyrrole nitrogens is 1. The zero-order valence-corrected chi connectivity index (χ0v) is 14.9. The van der Waals surface area contributed by atoms with Gasteiger partial charge in [0.2, 0.25) is 5.91 Å². The fourth-order valence-corrected chi connectivity index (χ4v) is 3.57. The standard InChI is InChI=1S/C20H27N3O/c1-4-22(5-2)20(24)15(3)23-12-10-16(11-13-23)18-14-21-19-9-7-6-8-17(18)19/h6-10,14-15,21H,4-5,11-13H2,1-3H3. The molecule has 1 aliphatic rings. The van der Waals surface area contributed by atoms with Crippen LogP contribution in [0, 0.1) is 0 Å². The first-order valence-electron chi connectivity index (χ1n) is 8.94. The van der Waals surface area contributed by atoms with Gasteiger partial charge in [0.25, 0.3) is 0 Å². The molecule has 3 rings (SSSR count). The molecule has 4 nitrogen and oxygen atoms in total. The van der Waals surface area contributed by atoms with E-state index in [4.69, 9.17) is 0 Å². The Hall–Kier alpha value is -2.07. The van der Waals surface area contributed by atoms with Crippen molar-refractivity contribution in [1.82, 2.24) is 14.8 Å². The smallest absolute Gasteiger partial charge is 0.239 e. The van der Waals surface area contributed by atoms with Gasteiger partial charge in [-0.1, -0.05) is 24.3 Å². The van der Waals surface area contributed by atoms with Gasteiger partial charge in [-0.2, -0.15) is 0 Å². The van der Waals surface area contributed by atoms with Crippen molar-refractivity contribution in [3.05, 3.63) is 42.1 Å². The number of nitrogens with one attached hydrogen (secondary N) is 1. The van der Waals surface area contributed by atoms with Crippen molar-refractivity contribution in [2.45, 2.75) is 33.2 Å². The van der Waals surface area contributed by atoms with Crippen molar-refractivity contribution >= 4 is 22.4 Å². The second kappa shape index (κ2) is 7.22. The monoisotopic (exact) mass is 325 g/mol. The number of amides is 1. The van der Waals surface area contributed by atoms with Crippen molar-refractivity contribution in [3.63, 3.8) is 0 Å². The third kappa shape index (κ3) is 3.11. The van der Waals surface area contributed by atoms with E-state index in [0.717, 1.165) is 32.6 Å². The molecular weight excluding hydrogens is 298 g/mol. The summed E-state index contributed by atoms with van der Waals surface area (Å²) in [6.07, 6.45) is 5.37. The van der Waals surface area contributed by atoms with Crippen LogP contribution < -0.4 is 0 Å². The van der Waals surface area contributed by atoms with Crippen LogP contribution in [0.15, 0.2) is 36.5 Å². The summed E-state index contributed by atoms with van der Waals surface area (Å²) in [5, 5.41) is 1.28. The first-order valence-corrected chi connectivity index (χ1v) is 8.94. The highest BCUT2D eigenvalue weighted by molar-refractivity contribution is 5.92. The summed E-state index contributed by atoms with van der Waals surface area (Å²) in [6, 6.07) is 8.37. The molecule has 24 heavy (non-hydrogen) atoms. The average molecular weight is 325 g/mol. The van der Waals surface area contributed by atoms with Gasteiger partial charge < -0.3 is 9.88 Å². The third-order valence-corrected chi connectivity index (χ3v) is 5.16. The first-order chi connectivity index (χ1) is 11.7. The molecule has 1 N–H and O–H groups in total. The number of para-hydroxylation sites is 1. The van der Waals surface area contributed by atoms with Crippen LogP contribution in [0.2, 0.25) is 0 Å². The minimum Gasteiger partial charge on any atom is -0.361 e. The number of nitrogens with zero attached hydrogens (tertiary/aromatic N) is 2. The topological polar surface area (TPSA) is 39.3 Å². The second-order valence-electron chi connectivity index (χ2n) is 6.41. The molecule has 0 spiro atoms. The fraction of sp³-hybridized carbons (Fsp3) is 0.450. The van der Waals surface area contributed by atoms with Crippen LogP contribution in [0.4, 0.5) is 0 Å². The number of fused-ring (bicyclic) bond motifs is 1. The highest BCUT2D eigenvalue weighted by Crippen LogP contribution is 2.29. The van der Waals surface area contributed by atoms with Gasteiger partial charge in [-0.15, -0.1) is 0 Å². The van der Waals surface area contributed by atoms with Crippen molar-refractivity contribution < 1.29 is 4.79 Å².